The Labute approximate surface area is 81.4 Å². The summed E-state index contributed by atoms with van der Waals surface area (Å²) in [5.74, 6) is -0.862. The fourth-order valence-corrected chi connectivity index (χ4v) is 0.967. The van der Waals surface area contributed by atoms with E-state index in [0.717, 1.165) is 5.56 Å². The lowest BCUT2D eigenvalue weighted by Gasteiger charge is -2.01. The summed E-state index contributed by atoms with van der Waals surface area (Å²) in [6, 6.07) is 3.62. The smallest absolute Gasteiger partial charge is 0.317 e. The van der Waals surface area contributed by atoms with Gasteiger partial charge in [-0.2, -0.15) is 0 Å². The van der Waals surface area contributed by atoms with Crippen LogP contribution in [0.1, 0.15) is 5.56 Å². The third-order valence-electron chi connectivity index (χ3n) is 1.41. The molecule has 1 rings (SSSR count). The SMILES string of the molecule is O=C(O)CNCc1ccc(S)nc1. The molecular weight excluding hydrogens is 188 g/mol. The number of pyridine rings is 1. The third-order valence-corrected chi connectivity index (χ3v) is 1.68. The van der Waals surface area contributed by atoms with Crippen LogP contribution in [0.2, 0.25) is 0 Å². The van der Waals surface area contributed by atoms with Gasteiger partial charge in [0.2, 0.25) is 0 Å². The highest BCUT2D eigenvalue weighted by Crippen LogP contribution is 2.02. The van der Waals surface area contributed by atoms with E-state index in [1.807, 2.05) is 6.07 Å². The van der Waals surface area contributed by atoms with E-state index >= 15 is 0 Å². The number of carboxylic acids is 1. The van der Waals surface area contributed by atoms with Crippen LogP contribution < -0.4 is 5.32 Å². The van der Waals surface area contributed by atoms with Crippen molar-refractivity contribution in [1.82, 2.24) is 10.3 Å². The van der Waals surface area contributed by atoms with Crippen molar-refractivity contribution in [2.24, 2.45) is 0 Å². The van der Waals surface area contributed by atoms with Crippen LogP contribution in [0.4, 0.5) is 0 Å². The normalized spacial score (nSPS) is 9.92. The van der Waals surface area contributed by atoms with E-state index in [9.17, 15) is 4.79 Å². The quantitative estimate of drug-likeness (QED) is 0.618. The zero-order valence-electron chi connectivity index (χ0n) is 6.90. The van der Waals surface area contributed by atoms with Gasteiger partial charge in [0.05, 0.1) is 11.6 Å². The lowest BCUT2D eigenvalue weighted by atomic mass is 10.3. The van der Waals surface area contributed by atoms with Crippen LogP contribution in [0.5, 0.6) is 0 Å². The van der Waals surface area contributed by atoms with Crippen LogP contribution >= 0.6 is 12.6 Å². The standard InChI is InChI=1S/C8H10N2O2S/c11-8(12)5-9-3-6-1-2-7(13)10-4-6/h1-2,4,9H,3,5H2,(H,10,13)(H,11,12). The van der Waals surface area contributed by atoms with E-state index < -0.39 is 5.97 Å². The van der Waals surface area contributed by atoms with Crippen LogP contribution in [0.3, 0.4) is 0 Å². The van der Waals surface area contributed by atoms with Gasteiger partial charge in [0.15, 0.2) is 0 Å². The monoisotopic (exact) mass is 198 g/mol. The van der Waals surface area contributed by atoms with Crippen LogP contribution in [0, 0.1) is 0 Å². The molecule has 1 heterocycles. The first-order valence-corrected chi connectivity index (χ1v) is 4.19. The van der Waals surface area contributed by atoms with Crippen LogP contribution in [0.25, 0.3) is 0 Å². The molecule has 0 saturated carbocycles. The average Bonchev–Trinajstić information content (AvgIpc) is 2.08. The summed E-state index contributed by atoms with van der Waals surface area (Å²) in [7, 11) is 0. The Bertz CT molecular complexity index is 287. The summed E-state index contributed by atoms with van der Waals surface area (Å²) in [6.07, 6.45) is 1.66. The first-order chi connectivity index (χ1) is 6.18. The summed E-state index contributed by atoms with van der Waals surface area (Å²) in [6.45, 7) is 0.468. The maximum absolute atomic E-state index is 10.2. The summed E-state index contributed by atoms with van der Waals surface area (Å²) in [5.41, 5.74) is 0.944. The zero-order valence-corrected chi connectivity index (χ0v) is 7.79. The van der Waals surface area contributed by atoms with Crippen LogP contribution in [-0.2, 0) is 11.3 Å². The first kappa shape index (κ1) is 10.0. The van der Waals surface area contributed by atoms with E-state index in [4.69, 9.17) is 5.11 Å². The first-order valence-electron chi connectivity index (χ1n) is 3.75. The van der Waals surface area contributed by atoms with Crippen molar-refractivity contribution < 1.29 is 9.90 Å². The Kier molecular flexibility index (Phi) is 3.72. The van der Waals surface area contributed by atoms with Crippen molar-refractivity contribution >= 4 is 18.6 Å². The molecule has 13 heavy (non-hydrogen) atoms. The molecule has 0 saturated heterocycles. The van der Waals surface area contributed by atoms with Gasteiger partial charge >= 0.3 is 5.97 Å². The van der Waals surface area contributed by atoms with Crippen LogP contribution in [0.15, 0.2) is 23.4 Å². The number of rotatable bonds is 4. The molecule has 4 nitrogen and oxygen atoms in total. The fraction of sp³-hybridized carbons (Fsp3) is 0.250. The molecule has 1 aromatic heterocycles. The molecule has 0 aliphatic rings. The average molecular weight is 198 g/mol. The third kappa shape index (κ3) is 3.91. The van der Waals surface area contributed by atoms with Gasteiger partial charge in [-0.05, 0) is 11.6 Å². The number of aliphatic carboxylic acids is 1. The van der Waals surface area contributed by atoms with Gasteiger partial charge in [-0.25, -0.2) is 4.98 Å². The molecule has 1 aromatic rings. The highest BCUT2D eigenvalue weighted by molar-refractivity contribution is 7.80. The lowest BCUT2D eigenvalue weighted by Crippen LogP contribution is -2.21. The maximum Gasteiger partial charge on any atom is 0.317 e. The number of nitrogens with zero attached hydrogens (tertiary/aromatic N) is 1. The van der Waals surface area contributed by atoms with E-state index in [0.29, 0.717) is 11.6 Å². The second-order valence-electron chi connectivity index (χ2n) is 2.52. The molecular formula is C8H10N2O2S. The Morgan fingerprint density at radius 2 is 2.38 bits per heavy atom. The molecule has 5 heteroatoms. The molecule has 0 atom stereocenters. The molecule has 0 amide bonds. The predicted octanol–water partition coefficient (Wildman–Crippen LogP) is 0.544. The van der Waals surface area contributed by atoms with Crippen molar-refractivity contribution in [3.8, 4) is 0 Å². The van der Waals surface area contributed by atoms with E-state index in [1.54, 1.807) is 12.3 Å². The number of aromatic nitrogens is 1. The summed E-state index contributed by atoms with van der Waals surface area (Å²) < 4.78 is 0. The second-order valence-corrected chi connectivity index (χ2v) is 2.98. The number of carbonyl (C=O) groups is 1. The summed E-state index contributed by atoms with van der Waals surface area (Å²) in [4.78, 5) is 14.1. The molecule has 0 spiro atoms. The number of carboxylic acid groups (broad SMARTS) is 1. The number of thiol groups is 1. The highest BCUT2D eigenvalue weighted by atomic mass is 32.1. The van der Waals surface area contributed by atoms with Gasteiger partial charge in [-0.3, -0.25) is 4.79 Å². The van der Waals surface area contributed by atoms with Gasteiger partial charge in [-0.1, -0.05) is 6.07 Å². The number of nitrogens with one attached hydrogen (secondary N) is 1. The van der Waals surface area contributed by atoms with Gasteiger partial charge in [0.1, 0.15) is 0 Å². The molecule has 0 aliphatic heterocycles. The zero-order chi connectivity index (χ0) is 9.68. The molecule has 70 valence electrons. The van der Waals surface area contributed by atoms with Gasteiger partial charge in [0, 0.05) is 12.7 Å². The van der Waals surface area contributed by atoms with Gasteiger partial charge in [0.25, 0.3) is 0 Å². The highest BCUT2D eigenvalue weighted by Gasteiger charge is 1.96. The Morgan fingerprint density at radius 1 is 1.62 bits per heavy atom. The lowest BCUT2D eigenvalue weighted by molar-refractivity contribution is -0.135. The van der Waals surface area contributed by atoms with Crippen molar-refractivity contribution in [3.63, 3.8) is 0 Å². The summed E-state index contributed by atoms with van der Waals surface area (Å²) >= 11 is 4.03. The number of hydrogen-bond acceptors (Lipinski definition) is 4. The Balaban J connectivity index is 2.37. The second kappa shape index (κ2) is 4.84. The topological polar surface area (TPSA) is 62.2 Å². The van der Waals surface area contributed by atoms with Crippen molar-refractivity contribution in [1.29, 1.82) is 0 Å². The Hall–Kier alpha value is -1.07. The van der Waals surface area contributed by atoms with E-state index in [1.165, 1.54) is 0 Å². The van der Waals surface area contributed by atoms with E-state index in [2.05, 4.69) is 22.9 Å². The van der Waals surface area contributed by atoms with Gasteiger partial charge < -0.3 is 10.4 Å². The molecule has 0 aromatic carbocycles. The minimum atomic E-state index is -0.862. The van der Waals surface area contributed by atoms with Crippen molar-refractivity contribution in [3.05, 3.63) is 23.9 Å². The largest absolute Gasteiger partial charge is 0.480 e. The fourth-order valence-electron chi connectivity index (χ4n) is 0.835. The molecule has 0 unspecified atom stereocenters. The minimum absolute atomic E-state index is 0.0391. The van der Waals surface area contributed by atoms with Crippen molar-refractivity contribution in [2.75, 3.05) is 6.54 Å². The number of hydrogen-bond donors (Lipinski definition) is 3. The maximum atomic E-state index is 10.2. The molecule has 0 fully saturated rings. The Morgan fingerprint density at radius 3 is 2.92 bits per heavy atom. The summed E-state index contributed by atoms with van der Waals surface area (Å²) in [5, 5.41) is 11.8. The molecule has 2 N–H and O–H groups in total. The molecule has 0 radical (unpaired) electrons. The van der Waals surface area contributed by atoms with Crippen molar-refractivity contribution in [2.45, 2.75) is 11.6 Å². The predicted molar refractivity (Wildman–Crippen MR) is 50.8 cm³/mol. The molecule has 0 bridgehead atoms. The van der Waals surface area contributed by atoms with Crippen LogP contribution in [-0.4, -0.2) is 22.6 Å². The minimum Gasteiger partial charge on any atom is -0.480 e. The van der Waals surface area contributed by atoms with E-state index in [-0.39, 0.29) is 6.54 Å². The molecule has 0 aliphatic carbocycles. The van der Waals surface area contributed by atoms with Gasteiger partial charge in [-0.15, -0.1) is 12.6 Å².